The lowest BCUT2D eigenvalue weighted by atomic mass is 10.2. The predicted molar refractivity (Wildman–Crippen MR) is 73.6 cm³/mol. The number of benzene rings is 1. The summed E-state index contributed by atoms with van der Waals surface area (Å²) >= 11 is 0. The molecule has 0 saturated carbocycles. The summed E-state index contributed by atoms with van der Waals surface area (Å²) in [4.78, 5) is 15.7. The van der Waals surface area contributed by atoms with Crippen molar-refractivity contribution in [2.45, 2.75) is 13.5 Å². The quantitative estimate of drug-likeness (QED) is 0.886. The fourth-order valence-electron chi connectivity index (χ4n) is 1.55. The molecule has 1 heterocycles. The second-order valence-corrected chi connectivity index (χ2v) is 4.10. The first kappa shape index (κ1) is 12.9. The number of nitrogens with one attached hydrogen (secondary N) is 1. The molecular weight excluding hydrogens is 242 g/mol. The Hall–Kier alpha value is -2.56. The number of aryl methyl sites for hydroxylation is 1. The molecule has 0 saturated heterocycles. The van der Waals surface area contributed by atoms with Gasteiger partial charge >= 0.3 is 6.09 Å². The van der Waals surface area contributed by atoms with Crippen LogP contribution in [0.1, 0.15) is 11.3 Å². The SMILES string of the molecule is Cc1cc(N)c(NC(=O)OCc2ccccc2)cn1. The van der Waals surface area contributed by atoms with Crippen molar-refractivity contribution in [2.75, 3.05) is 11.1 Å². The van der Waals surface area contributed by atoms with Crippen LogP contribution in [0.25, 0.3) is 0 Å². The van der Waals surface area contributed by atoms with Crippen molar-refractivity contribution in [3.05, 3.63) is 53.9 Å². The van der Waals surface area contributed by atoms with E-state index in [0.717, 1.165) is 11.3 Å². The Kier molecular flexibility index (Phi) is 3.97. The van der Waals surface area contributed by atoms with E-state index >= 15 is 0 Å². The lowest BCUT2D eigenvalue weighted by Gasteiger charge is -2.09. The maximum atomic E-state index is 11.6. The fraction of sp³-hybridized carbons (Fsp3) is 0.143. The van der Waals surface area contributed by atoms with Crippen molar-refractivity contribution in [3.8, 4) is 0 Å². The van der Waals surface area contributed by atoms with E-state index < -0.39 is 6.09 Å². The molecule has 0 bridgehead atoms. The summed E-state index contributed by atoms with van der Waals surface area (Å²) in [6.07, 6.45) is 0.954. The standard InChI is InChI=1S/C14H15N3O2/c1-10-7-12(15)13(8-16-10)17-14(18)19-9-11-5-3-2-4-6-11/h2-8H,9H2,1H3,(H2,15,16)(H,17,18). The Morgan fingerprint density at radius 2 is 2.11 bits per heavy atom. The normalized spacial score (nSPS) is 9.95. The van der Waals surface area contributed by atoms with Crippen LogP contribution in [-0.2, 0) is 11.3 Å². The van der Waals surface area contributed by atoms with Gasteiger partial charge in [-0.15, -0.1) is 0 Å². The van der Waals surface area contributed by atoms with Crippen molar-refractivity contribution in [2.24, 2.45) is 0 Å². The molecule has 1 aromatic carbocycles. The molecule has 0 aliphatic rings. The Morgan fingerprint density at radius 3 is 2.79 bits per heavy atom. The lowest BCUT2D eigenvalue weighted by Crippen LogP contribution is -2.15. The number of nitrogen functional groups attached to an aromatic ring is 1. The third-order valence-electron chi connectivity index (χ3n) is 2.52. The highest BCUT2D eigenvalue weighted by Crippen LogP contribution is 2.17. The van der Waals surface area contributed by atoms with Gasteiger partial charge in [-0.25, -0.2) is 4.79 Å². The first-order chi connectivity index (χ1) is 9.15. The number of amides is 1. The number of anilines is 2. The Balaban J connectivity index is 1.91. The highest BCUT2D eigenvalue weighted by atomic mass is 16.5. The van der Waals surface area contributed by atoms with Gasteiger partial charge in [0.2, 0.25) is 0 Å². The van der Waals surface area contributed by atoms with Crippen LogP contribution in [0.2, 0.25) is 0 Å². The van der Waals surface area contributed by atoms with Crippen LogP contribution >= 0.6 is 0 Å². The molecule has 2 rings (SSSR count). The van der Waals surface area contributed by atoms with Crippen molar-refractivity contribution >= 4 is 17.5 Å². The van der Waals surface area contributed by atoms with E-state index in [4.69, 9.17) is 10.5 Å². The van der Waals surface area contributed by atoms with Crippen molar-refractivity contribution in [3.63, 3.8) is 0 Å². The Bertz CT molecular complexity index is 570. The highest BCUT2D eigenvalue weighted by molar-refractivity contribution is 5.88. The van der Waals surface area contributed by atoms with E-state index in [1.165, 1.54) is 6.20 Å². The fourth-order valence-corrected chi connectivity index (χ4v) is 1.55. The van der Waals surface area contributed by atoms with Gasteiger partial charge < -0.3 is 10.5 Å². The van der Waals surface area contributed by atoms with Gasteiger partial charge in [0, 0.05) is 5.69 Å². The number of nitrogens with zero attached hydrogens (tertiary/aromatic N) is 1. The molecule has 0 aliphatic carbocycles. The second-order valence-electron chi connectivity index (χ2n) is 4.10. The summed E-state index contributed by atoms with van der Waals surface area (Å²) in [6, 6.07) is 11.1. The number of rotatable bonds is 3. The van der Waals surface area contributed by atoms with Crippen molar-refractivity contribution < 1.29 is 9.53 Å². The molecule has 1 amide bonds. The van der Waals surface area contributed by atoms with Gasteiger partial charge in [-0.1, -0.05) is 30.3 Å². The molecule has 0 radical (unpaired) electrons. The molecular formula is C14H15N3O2. The largest absolute Gasteiger partial charge is 0.444 e. The van der Waals surface area contributed by atoms with Crippen LogP contribution in [0.5, 0.6) is 0 Å². The molecule has 2 aromatic rings. The molecule has 0 fully saturated rings. The molecule has 0 spiro atoms. The molecule has 0 unspecified atom stereocenters. The van der Waals surface area contributed by atoms with E-state index in [0.29, 0.717) is 11.4 Å². The Morgan fingerprint density at radius 1 is 1.37 bits per heavy atom. The molecule has 1 aromatic heterocycles. The third kappa shape index (κ3) is 3.70. The lowest BCUT2D eigenvalue weighted by molar-refractivity contribution is 0.155. The first-order valence-corrected chi connectivity index (χ1v) is 5.85. The number of hydrogen-bond acceptors (Lipinski definition) is 4. The predicted octanol–water partition coefficient (Wildman–Crippen LogP) is 2.72. The van der Waals surface area contributed by atoms with Crippen molar-refractivity contribution in [1.82, 2.24) is 4.98 Å². The molecule has 19 heavy (non-hydrogen) atoms. The molecule has 5 heteroatoms. The maximum Gasteiger partial charge on any atom is 0.412 e. The highest BCUT2D eigenvalue weighted by Gasteiger charge is 2.07. The number of carbonyl (C=O) groups is 1. The summed E-state index contributed by atoms with van der Waals surface area (Å²) in [6.45, 7) is 2.04. The minimum atomic E-state index is -0.554. The van der Waals surface area contributed by atoms with Crippen LogP contribution in [0.15, 0.2) is 42.6 Å². The molecule has 0 atom stereocenters. The zero-order chi connectivity index (χ0) is 13.7. The van der Waals surface area contributed by atoms with E-state index in [9.17, 15) is 4.79 Å². The molecule has 0 aliphatic heterocycles. The first-order valence-electron chi connectivity index (χ1n) is 5.85. The Labute approximate surface area is 111 Å². The second kappa shape index (κ2) is 5.86. The van der Waals surface area contributed by atoms with Crippen molar-refractivity contribution in [1.29, 1.82) is 0 Å². The van der Waals surface area contributed by atoms with Gasteiger partial charge in [0.15, 0.2) is 0 Å². The summed E-state index contributed by atoms with van der Waals surface area (Å²) in [5.41, 5.74) is 8.39. The number of nitrogens with two attached hydrogens (primary N) is 1. The smallest absolute Gasteiger partial charge is 0.412 e. The minimum Gasteiger partial charge on any atom is -0.444 e. The number of carbonyl (C=O) groups excluding carboxylic acids is 1. The van der Waals surface area contributed by atoms with Gasteiger partial charge in [-0.05, 0) is 18.6 Å². The summed E-state index contributed by atoms with van der Waals surface area (Å²) in [7, 11) is 0. The number of aromatic nitrogens is 1. The zero-order valence-electron chi connectivity index (χ0n) is 10.6. The third-order valence-corrected chi connectivity index (χ3v) is 2.52. The number of pyridine rings is 1. The van der Waals surface area contributed by atoms with E-state index in [2.05, 4.69) is 10.3 Å². The summed E-state index contributed by atoms with van der Waals surface area (Å²) in [5, 5.41) is 2.56. The van der Waals surface area contributed by atoms with Crippen LogP contribution in [-0.4, -0.2) is 11.1 Å². The van der Waals surface area contributed by atoms with Crippen LogP contribution in [0, 0.1) is 6.92 Å². The number of ether oxygens (including phenoxy) is 1. The van der Waals surface area contributed by atoms with E-state index in [1.54, 1.807) is 6.07 Å². The monoisotopic (exact) mass is 257 g/mol. The average Bonchev–Trinajstić information content (AvgIpc) is 2.41. The van der Waals surface area contributed by atoms with E-state index in [-0.39, 0.29) is 6.61 Å². The van der Waals surface area contributed by atoms with Gasteiger partial charge in [-0.3, -0.25) is 10.3 Å². The molecule has 5 nitrogen and oxygen atoms in total. The molecule has 98 valence electrons. The van der Waals surface area contributed by atoms with E-state index in [1.807, 2.05) is 37.3 Å². The maximum absolute atomic E-state index is 11.6. The van der Waals surface area contributed by atoms with Gasteiger partial charge in [-0.2, -0.15) is 0 Å². The minimum absolute atomic E-state index is 0.214. The van der Waals surface area contributed by atoms with Crippen LogP contribution < -0.4 is 11.1 Å². The van der Waals surface area contributed by atoms with Crippen LogP contribution in [0.3, 0.4) is 0 Å². The van der Waals surface area contributed by atoms with Gasteiger partial charge in [0.1, 0.15) is 6.61 Å². The topological polar surface area (TPSA) is 77.2 Å². The molecule has 3 N–H and O–H groups in total. The summed E-state index contributed by atoms with van der Waals surface area (Å²) in [5.74, 6) is 0. The van der Waals surface area contributed by atoms with Gasteiger partial charge in [0.05, 0.1) is 17.6 Å². The number of hydrogen-bond donors (Lipinski definition) is 2. The van der Waals surface area contributed by atoms with Crippen LogP contribution in [0.4, 0.5) is 16.2 Å². The summed E-state index contributed by atoms with van der Waals surface area (Å²) < 4.78 is 5.08. The van der Waals surface area contributed by atoms with Gasteiger partial charge in [0.25, 0.3) is 0 Å². The average molecular weight is 257 g/mol. The zero-order valence-corrected chi connectivity index (χ0v) is 10.6.